The van der Waals surface area contributed by atoms with Crippen LogP contribution in [0.25, 0.3) is 10.1 Å². The summed E-state index contributed by atoms with van der Waals surface area (Å²) in [5.41, 5.74) is 0. The first-order chi connectivity index (χ1) is 4.86. The molecule has 0 saturated heterocycles. The number of thiophene rings is 1. The molecule has 0 fully saturated rings. The van der Waals surface area contributed by atoms with Crippen LogP contribution in [-0.2, 0) is 0 Å². The van der Waals surface area contributed by atoms with Gasteiger partial charge in [0.1, 0.15) is 0 Å². The quantitative estimate of drug-likeness (QED) is 0.609. The molecule has 10 heavy (non-hydrogen) atoms. The van der Waals surface area contributed by atoms with Gasteiger partial charge in [0.15, 0.2) is 5.06 Å². The number of aromatic hydroxyl groups is 1. The van der Waals surface area contributed by atoms with Crippen LogP contribution in [0.15, 0.2) is 24.3 Å². The van der Waals surface area contributed by atoms with Gasteiger partial charge in [-0.05, 0) is 29.7 Å². The van der Waals surface area contributed by atoms with E-state index in [0.29, 0.717) is 5.06 Å². The molecule has 0 atom stereocenters. The van der Waals surface area contributed by atoms with Crippen LogP contribution >= 0.6 is 11.3 Å². The second kappa shape index (κ2) is 1.99. The Hall–Kier alpha value is -1.02. The minimum absolute atomic E-state index is 0.370. The van der Waals surface area contributed by atoms with Crippen LogP contribution in [0.3, 0.4) is 0 Å². The SMILES string of the molecule is Oc1cc2c[c]ccc2s1. The van der Waals surface area contributed by atoms with Gasteiger partial charge in [-0.1, -0.05) is 17.4 Å². The molecule has 0 aliphatic rings. The van der Waals surface area contributed by atoms with Gasteiger partial charge >= 0.3 is 0 Å². The molecule has 2 heteroatoms. The largest absolute Gasteiger partial charge is 0.499 e. The molecule has 1 heterocycles. The Labute approximate surface area is 62.5 Å². The van der Waals surface area contributed by atoms with Gasteiger partial charge in [0.2, 0.25) is 0 Å². The summed E-state index contributed by atoms with van der Waals surface area (Å²) in [6.07, 6.45) is 0. The predicted octanol–water partition coefficient (Wildman–Crippen LogP) is 2.41. The third-order valence-electron chi connectivity index (χ3n) is 1.35. The van der Waals surface area contributed by atoms with Gasteiger partial charge in [-0.15, -0.1) is 0 Å². The maximum atomic E-state index is 9.06. The van der Waals surface area contributed by atoms with Gasteiger partial charge in [-0.25, -0.2) is 0 Å². The molecular weight excluding hydrogens is 144 g/mol. The highest BCUT2D eigenvalue weighted by molar-refractivity contribution is 7.20. The van der Waals surface area contributed by atoms with E-state index in [9.17, 15) is 0 Å². The van der Waals surface area contributed by atoms with Crippen molar-refractivity contribution in [2.45, 2.75) is 0 Å². The zero-order valence-corrected chi connectivity index (χ0v) is 5.98. The van der Waals surface area contributed by atoms with Gasteiger partial charge in [0.05, 0.1) is 0 Å². The molecule has 1 N–H and O–H groups in total. The highest BCUT2D eigenvalue weighted by Gasteiger charge is 1.96. The zero-order valence-electron chi connectivity index (χ0n) is 5.16. The van der Waals surface area contributed by atoms with E-state index < -0.39 is 0 Å². The topological polar surface area (TPSA) is 20.2 Å². The van der Waals surface area contributed by atoms with Crippen LogP contribution in [0, 0.1) is 6.07 Å². The molecule has 0 spiro atoms. The number of fused-ring (bicyclic) bond motifs is 1. The first-order valence-electron chi connectivity index (χ1n) is 2.95. The Bertz CT molecular complexity index is 318. The lowest BCUT2D eigenvalue weighted by Gasteiger charge is -1.81. The molecule has 0 unspecified atom stereocenters. The van der Waals surface area contributed by atoms with Crippen LogP contribution in [0.5, 0.6) is 5.06 Å². The lowest BCUT2D eigenvalue weighted by atomic mass is 10.3. The summed E-state index contributed by atoms with van der Waals surface area (Å²) >= 11 is 1.39. The van der Waals surface area contributed by atoms with E-state index in [4.69, 9.17) is 5.11 Å². The molecule has 1 aromatic carbocycles. The lowest BCUT2D eigenvalue weighted by molar-refractivity contribution is 0.491. The summed E-state index contributed by atoms with van der Waals surface area (Å²) in [5, 5.41) is 10.5. The van der Waals surface area contributed by atoms with Gasteiger partial charge in [0, 0.05) is 4.70 Å². The molecule has 49 valence electrons. The van der Waals surface area contributed by atoms with Crippen LogP contribution in [-0.4, -0.2) is 5.11 Å². The molecule has 0 aliphatic heterocycles. The fraction of sp³-hybridized carbons (Fsp3) is 0. The number of hydrogen-bond donors (Lipinski definition) is 1. The fourth-order valence-electron chi connectivity index (χ4n) is 0.910. The summed E-state index contributed by atoms with van der Waals surface area (Å²) < 4.78 is 1.11. The molecule has 0 saturated carbocycles. The maximum Gasteiger partial charge on any atom is 0.172 e. The second-order valence-corrected chi connectivity index (χ2v) is 3.11. The van der Waals surface area contributed by atoms with Gasteiger partial charge in [-0.2, -0.15) is 0 Å². The first kappa shape index (κ1) is 5.74. The van der Waals surface area contributed by atoms with Crippen LogP contribution in [0.4, 0.5) is 0 Å². The molecule has 0 aliphatic carbocycles. The van der Waals surface area contributed by atoms with E-state index >= 15 is 0 Å². The Balaban J connectivity index is 2.88. The lowest BCUT2D eigenvalue weighted by Crippen LogP contribution is -1.57. The molecule has 1 nitrogen and oxygen atoms in total. The first-order valence-corrected chi connectivity index (χ1v) is 3.76. The number of hydrogen-bond acceptors (Lipinski definition) is 2. The average molecular weight is 149 g/mol. The monoisotopic (exact) mass is 149 g/mol. The molecular formula is C8H5OS. The summed E-state index contributed by atoms with van der Waals surface area (Å²) in [5.74, 6) is 0. The number of benzene rings is 1. The van der Waals surface area contributed by atoms with Crippen LogP contribution in [0.1, 0.15) is 0 Å². The zero-order chi connectivity index (χ0) is 6.97. The van der Waals surface area contributed by atoms with E-state index in [0.717, 1.165) is 10.1 Å². The minimum Gasteiger partial charge on any atom is -0.499 e. The maximum absolute atomic E-state index is 9.06. The number of rotatable bonds is 0. The van der Waals surface area contributed by atoms with Gasteiger partial charge in [0.25, 0.3) is 0 Å². The van der Waals surface area contributed by atoms with Crippen molar-refractivity contribution < 1.29 is 5.11 Å². The second-order valence-electron chi connectivity index (χ2n) is 2.05. The predicted molar refractivity (Wildman–Crippen MR) is 42.3 cm³/mol. The Morgan fingerprint density at radius 1 is 1.50 bits per heavy atom. The highest BCUT2D eigenvalue weighted by atomic mass is 32.1. The van der Waals surface area contributed by atoms with Crippen molar-refractivity contribution in [3.8, 4) is 5.06 Å². The molecule has 0 amide bonds. The van der Waals surface area contributed by atoms with Crippen molar-refractivity contribution in [2.75, 3.05) is 0 Å². The van der Waals surface area contributed by atoms with Gasteiger partial charge in [-0.3, -0.25) is 0 Å². The van der Waals surface area contributed by atoms with Crippen LogP contribution < -0.4 is 0 Å². The smallest absolute Gasteiger partial charge is 0.172 e. The molecule has 1 radical (unpaired) electrons. The van der Waals surface area contributed by atoms with Gasteiger partial charge < -0.3 is 5.11 Å². The van der Waals surface area contributed by atoms with Crippen molar-refractivity contribution in [3.05, 3.63) is 30.3 Å². The minimum atomic E-state index is 0.370. The summed E-state index contributed by atoms with van der Waals surface area (Å²) in [6.45, 7) is 0. The Morgan fingerprint density at radius 2 is 2.40 bits per heavy atom. The normalized spacial score (nSPS) is 10.4. The fourth-order valence-corrected chi connectivity index (χ4v) is 1.69. The molecule has 2 aromatic rings. The Morgan fingerprint density at radius 3 is 3.20 bits per heavy atom. The third-order valence-corrected chi connectivity index (χ3v) is 2.27. The Kier molecular flexibility index (Phi) is 1.14. The van der Waals surface area contributed by atoms with E-state index in [1.807, 2.05) is 18.2 Å². The van der Waals surface area contributed by atoms with Crippen molar-refractivity contribution in [3.63, 3.8) is 0 Å². The van der Waals surface area contributed by atoms with E-state index in [2.05, 4.69) is 6.07 Å². The average Bonchev–Trinajstić information content (AvgIpc) is 2.27. The van der Waals surface area contributed by atoms with E-state index in [1.165, 1.54) is 11.3 Å². The molecule has 1 aromatic heterocycles. The summed E-state index contributed by atoms with van der Waals surface area (Å²) in [6, 6.07) is 10.3. The molecule has 2 rings (SSSR count). The van der Waals surface area contributed by atoms with E-state index in [1.54, 1.807) is 6.07 Å². The van der Waals surface area contributed by atoms with Crippen molar-refractivity contribution in [2.24, 2.45) is 0 Å². The summed E-state index contributed by atoms with van der Waals surface area (Å²) in [7, 11) is 0. The van der Waals surface area contributed by atoms with E-state index in [-0.39, 0.29) is 0 Å². The highest BCUT2D eigenvalue weighted by Crippen LogP contribution is 2.29. The molecule has 0 bridgehead atoms. The van der Waals surface area contributed by atoms with Crippen LogP contribution in [0.2, 0.25) is 0 Å². The third kappa shape index (κ3) is 0.772. The van der Waals surface area contributed by atoms with Crippen molar-refractivity contribution in [1.82, 2.24) is 0 Å². The summed E-state index contributed by atoms with van der Waals surface area (Å²) in [4.78, 5) is 0. The van der Waals surface area contributed by atoms with Crippen molar-refractivity contribution >= 4 is 21.4 Å². The standard InChI is InChI=1S/C8H5OS/c9-8-5-6-3-1-2-4-7(6)10-8/h2-5,9H. The van der Waals surface area contributed by atoms with Crippen molar-refractivity contribution in [1.29, 1.82) is 0 Å².